The Morgan fingerprint density at radius 3 is 2.38 bits per heavy atom. The van der Waals surface area contributed by atoms with Crippen LogP contribution in [-0.4, -0.2) is 73.4 Å². The molecule has 2 heterocycles. The summed E-state index contributed by atoms with van der Waals surface area (Å²) in [6.07, 6.45) is 3.13. The number of β-amino-alcohol motifs (C(OH)–C–C–N with tert-alkyl or cyclic N) is 1. The molecular formula is C16H30N2O3. The van der Waals surface area contributed by atoms with Crippen LogP contribution >= 0.6 is 0 Å². The summed E-state index contributed by atoms with van der Waals surface area (Å²) in [5.41, 5.74) is -0.277. The van der Waals surface area contributed by atoms with Crippen molar-refractivity contribution in [2.24, 2.45) is 11.3 Å². The van der Waals surface area contributed by atoms with Gasteiger partial charge in [-0.25, -0.2) is 0 Å². The average molecular weight is 298 g/mol. The van der Waals surface area contributed by atoms with E-state index in [1.54, 1.807) is 0 Å². The van der Waals surface area contributed by atoms with Gasteiger partial charge in [0.15, 0.2) is 0 Å². The highest BCUT2D eigenvalue weighted by molar-refractivity contribution is 5.82. The number of carbonyl (C=O) groups is 1. The lowest BCUT2D eigenvalue weighted by molar-refractivity contribution is -0.143. The van der Waals surface area contributed by atoms with Gasteiger partial charge in [0.1, 0.15) is 0 Å². The largest absolute Gasteiger partial charge is 0.395 e. The molecule has 0 bridgehead atoms. The van der Waals surface area contributed by atoms with E-state index in [0.717, 1.165) is 58.7 Å². The summed E-state index contributed by atoms with van der Waals surface area (Å²) in [6.45, 7) is 10.1. The summed E-state index contributed by atoms with van der Waals surface area (Å²) in [5, 5.41) is 8.97. The molecule has 5 nitrogen and oxygen atoms in total. The first-order valence-electron chi connectivity index (χ1n) is 8.23. The fourth-order valence-electron chi connectivity index (χ4n) is 3.50. The number of piperazine rings is 1. The monoisotopic (exact) mass is 298 g/mol. The van der Waals surface area contributed by atoms with Crippen molar-refractivity contribution in [3.8, 4) is 0 Å². The zero-order valence-electron chi connectivity index (χ0n) is 13.5. The van der Waals surface area contributed by atoms with Crippen molar-refractivity contribution < 1.29 is 14.6 Å². The highest BCUT2D eigenvalue weighted by Gasteiger charge is 2.35. The summed E-state index contributed by atoms with van der Waals surface area (Å²) in [6, 6.07) is 0. The number of ether oxygens (including phenoxy) is 1. The van der Waals surface area contributed by atoms with Gasteiger partial charge < -0.3 is 14.7 Å². The van der Waals surface area contributed by atoms with Crippen LogP contribution in [0.5, 0.6) is 0 Å². The fraction of sp³-hybridized carbons (Fsp3) is 0.938. The molecular weight excluding hydrogens is 268 g/mol. The Labute approximate surface area is 128 Å². The number of aliphatic hydroxyl groups is 1. The smallest absolute Gasteiger partial charge is 0.228 e. The molecule has 2 fully saturated rings. The lowest BCUT2D eigenvalue weighted by Crippen LogP contribution is -2.52. The van der Waals surface area contributed by atoms with Gasteiger partial charge in [0.2, 0.25) is 5.91 Å². The zero-order chi connectivity index (χ0) is 15.3. The van der Waals surface area contributed by atoms with Gasteiger partial charge in [-0.1, -0.05) is 13.8 Å². The van der Waals surface area contributed by atoms with Crippen molar-refractivity contribution in [2.75, 3.05) is 52.5 Å². The number of carbonyl (C=O) groups excluding carboxylic acids is 1. The summed E-state index contributed by atoms with van der Waals surface area (Å²) in [4.78, 5) is 17.0. The van der Waals surface area contributed by atoms with Crippen molar-refractivity contribution in [2.45, 2.75) is 33.1 Å². The van der Waals surface area contributed by atoms with Crippen molar-refractivity contribution in [1.29, 1.82) is 0 Å². The maximum Gasteiger partial charge on any atom is 0.228 e. The molecule has 0 saturated carbocycles. The molecule has 0 aromatic rings. The number of nitrogens with zero attached hydrogens (tertiary/aromatic N) is 2. The van der Waals surface area contributed by atoms with Crippen molar-refractivity contribution in [1.82, 2.24) is 9.80 Å². The van der Waals surface area contributed by atoms with Crippen LogP contribution in [0, 0.1) is 11.3 Å². The minimum Gasteiger partial charge on any atom is -0.395 e. The van der Waals surface area contributed by atoms with Gasteiger partial charge in [-0.05, 0) is 25.2 Å². The molecule has 0 aromatic carbocycles. The predicted molar refractivity (Wildman–Crippen MR) is 82.0 cm³/mol. The molecule has 122 valence electrons. The standard InChI is InChI=1S/C16H30N2O3/c1-16(2,13-14-3-11-21-12-4-14)15(20)18-7-5-17(6-8-18)9-10-19/h14,19H,3-13H2,1-2H3. The minimum atomic E-state index is -0.277. The molecule has 2 saturated heterocycles. The first-order valence-corrected chi connectivity index (χ1v) is 8.23. The average Bonchev–Trinajstić information content (AvgIpc) is 2.48. The molecule has 21 heavy (non-hydrogen) atoms. The second-order valence-electron chi connectivity index (χ2n) is 7.00. The Hall–Kier alpha value is -0.650. The molecule has 2 aliphatic heterocycles. The third-order valence-electron chi connectivity index (χ3n) is 4.79. The number of hydrogen-bond donors (Lipinski definition) is 1. The van der Waals surface area contributed by atoms with E-state index in [1.807, 2.05) is 4.90 Å². The molecule has 5 heteroatoms. The topological polar surface area (TPSA) is 53.0 Å². The molecule has 0 spiro atoms. The van der Waals surface area contributed by atoms with Gasteiger partial charge >= 0.3 is 0 Å². The van der Waals surface area contributed by atoms with E-state index in [1.165, 1.54) is 0 Å². The second kappa shape index (κ2) is 7.56. The van der Waals surface area contributed by atoms with E-state index >= 15 is 0 Å². The molecule has 2 rings (SSSR count). The van der Waals surface area contributed by atoms with Crippen LogP contribution in [-0.2, 0) is 9.53 Å². The van der Waals surface area contributed by atoms with Gasteiger partial charge in [-0.2, -0.15) is 0 Å². The molecule has 0 radical (unpaired) electrons. The number of hydrogen-bond acceptors (Lipinski definition) is 4. The van der Waals surface area contributed by atoms with Gasteiger partial charge in [0, 0.05) is 51.4 Å². The Balaban J connectivity index is 1.83. The normalized spacial score (nSPS) is 22.5. The van der Waals surface area contributed by atoms with Crippen LogP contribution in [0.15, 0.2) is 0 Å². The number of aliphatic hydroxyl groups excluding tert-OH is 1. The van der Waals surface area contributed by atoms with E-state index in [4.69, 9.17) is 9.84 Å². The maximum atomic E-state index is 12.8. The molecule has 0 unspecified atom stereocenters. The van der Waals surface area contributed by atoms with Gasteiger partial charge in [-0.3, -0.25) is 9.69 Å². The highest BCUT2D eigenvalue weighted by atomic mass is 16.5. The molecule has 0 aromatic heterocycles. The van der Waals surface area contributed by atoms with Crippen LogP contribution in [0.3, 0.4) is 0 Å². The van der Waals surface area contributed by atoms with Gasteiger partial charge in [0.25, 0.3) is 0 Å². The third kappa shape index (κ3) is 4.66. The lowest BCUT2D eigenvalue weighted by Gasteiger charge is -2.39. The van der Waals surface area contributed by atoms with Crippen LogP contribution in [0.1, 0.15) is 33.1 Å². The van der Waals surface area contributed by atoms with E-state index in [0.29, 0.717) is 12.5 Å². The number of amides is 1. The lowest BCUT2D eigenvalue weighted by atomic mass is 9.78. The van der Waals surface area contributed by atoms with E-state index in [2.05, 4.69) is 18.7 Å². The first kappa shape index (κ1) is 16.7. The van der Waals surface area contributed by atoms with E-state index in [-0.39, 0.29) is 17.9 Å². The molecule has 2 aliphatic rings. The molecule has 1 N–H and O–H groups in total. The van der Waals surface area contributed by atoms with E-state index in [9.17, 15) is 4.79 Å². The Morgan fingerprint density at radius 2 is 1.81 bits per heavy atom. The third-order valence-corrected chi connectivity index (χ3v) is 4.79. The molecule has 1 amide bonds. The summed E-state index contributed by atoms with van der Waals surface area (Å²) >= 11 is 0. The number of rotatable bonds is 5. The van der Waals surface area contributed by atoms with Crippen molar-refractivity contribution in [3.05, 3.63) is 0 Å². The first-order chi connectivity index (χ1) is 10.0. The van der Waals surface area contributed by atoms with Crippen LogP contribution in [0.4, 0.5) is 0 Å². The molecule has 0 aliphatic carbocycles. The summed E-state index contributed by atoms with van der Waals surface area (Å²) in [7, 11) is 0. The Bertz CT molecular complexity index is 332. The van der Waals surface area contributed by atoms with Crippen molar-refractivity contribution in [3.63, 3.8) is 0 Å². The molecule has 0 atom stereocenters. The zero-order valence-corrected chi connectivity index (χ0v) is 13.5. The minimum absolute atomic E-state index is 0.198. The van der Waals surface area contributed by atoms with E-state index < -0.39 is 0 Å². The quantitative estimate of drug-likeness (QED) is 0.821. The van der Waals surface area contributed by atoms with Crippen LogP contribution < -0.4 is 0 Å². The van der Waals surface area contributed by atoms with Gasteiger partial charge in [0.05, 0.1) is 6.61 Å². The maximum absolute atomic E-state index is 12.8. The fourth-order valence-corrected chi connectivity index (χ4v) is 3.50. The van der Waals surface area contributed by atoms with Gasteiger partial charge in [-0.15, -0.1) is 0 Å². The SMILES string of the molecule is CC(C)(CC1CCOCC1)C(=O)N1CCN(CCO)CC1. The Morgan fingerprint density at radius 1 is 1.19 bits per heavy atom. The summed E-state index contributed by atoms with van der Waals surface area (Å²) < 4.78 is 5.40. The van der Waals surface area contributed by atoms with Crippen molar-refractivity contribution >= 4 is 5.91 Å². The van der Waals surface area contributed by atoms with Crippen LogP contribution in [0.2, 0.25) is 0 Å². The highest BCUT2D eigenvalue weighted by Crippen LogP contribution is 2.32. The predicted octanol–water partition coefficient (Wildman–Crippen LogP) is 0.966. The summed E-state index contributed by atoms with van der Waals surface area (Å²) in [5.74, 6) is 0.908. The second-order valence-corrected chi connectivity index (χ2v) is 7.00. The Kier molecular flexibility index (Phi) is 6.02. The van der Waals surface area contributed by atoms with Crippen LogP contribution in [0.25, 0.3) is 0 Å².